The van der Waals surface area contributed by atoms with E-state index in [-0.39, 0.29) is 10.8 Å². The molecule has 8 heteroatoms. The Kier molecular flexibility index (Phi) is 7.15. The Bertz CT molecular complexity index is 577. The highest BCUT2D eigenvalue weighted by Gasteiger charge is 2.24. The van der Waals surface area contributed by atoms with Gasteiger partial charge in [0.25, 0.3) is 0 Å². The van der Waals surface area contributed by atoms with Gasteiger partial charge in [-0.3, -0.25) is 0 Å². The lowest BCUT2D eigenvalue weighted by Gasteiger charge is -2.21. The first-order valence-corrected chi connectivity index (χ1v) is 8.36. The van der Waals surface area contributed by atoms with Crippen molar-refractivity contribution < 1.29 is 23.8 Å². The fraction of sp³-hybridized carbons (Fsp3) is 0.467. The molecule has 0 spiro atoms. The van der Waals surface area contributed by atoms with Crippen LogP contribution in [-0.2, 0) is 15.3 Å². The molecule has 0 fully saturated rings. The summed E-state index contributed by atoms with van der Waals surface area (Å²) < 4.78 is 18.3. The van der Waals surface area contributed by atoms with E-state index in [0.717, 1.165) is 0 Å². The van der Waals surface area contributed by atoms with Crippen LogP contribution in [0, 0.1) is 5.82 Å². The van der Waals surface area contributed by atoms with E-state index in [9.17, 15) is 14.0 Å². The molecule has 1 aromatic rings. The van der Waals surface area contributed by atoms with Crippen LogP contribution in [0.1, 0.15) is 26.3 Å². The molecule has 0 saturated heterocycles. The first kappa shape index (κ1) is 19.6. The Labute approximate surface area is 143 Å². The van der Waals surface area contributed by atoms with E-state index in [1.54, 1.807) is 26.8 Å². The number of carboxylic acid groups (broad SMARTS) is 1. The third kappa shape index (κ3) is 7.09. The summed E-state index contributed by atoms with van der Waals surface area (Å²) >= 11 is 7.06. The van der Waals surface area contributed by atoms with Crippen molar-refractivity contribution in [2.24, 2.45) is 0 Å². The first-order chi connectivity index (χ1) is 10.6. The number of hydrogen-bond donors (Lipinski definition) is 2. The number of amides is 1. The summed E-state index contributed by atoms with van der Waals surface area (Å²) in [5.74, 6) is -1.27. The zero-order valence-electron chi connectivity index (χ0n) is 13.1. The fourth-order valence-electron chi connectivity index (χ4n) is 1.57. The number of rotatable bonds is 6. The number of aliphatic carboxylic acids is 1. The third-order valence-electron chi connectivity index (χ3n) is 2.56. The maximum absolute atomic E-state index is 13.3. The molecule has 128 valence electrons. The zero-order valence-corrected chi connectivity index (χ0v) is 14.6. The summed E-state index contributed by atoms with van der Waals surface area (Å²) in [4.78, 5) is 22.8. The molecule has 0 aliphatic carbocycles. The monoisotopic (exact) mass is 363 g/mol. The molecule has 1 atom stereocenters. The molecule has 1 rings (SSSR count). The Morgan fingerprint density at radius 2 is 2.09 bits per heavy atom. The van der Waals surface area contributed by atoms with Crippen molar-refractivity contribution in [3.8, 4) is 0 Å². The number of hydrogen-bond acceptors (Lipinski definition) is 4. The van der Waals surface area contributed by atoms with Crippen molar-refractivity contribution in [2.45, 2.75) is 38.2 Å². The molecule has 0 heterocycles. The quantitative estimate of drug-likeness (QED) is 0.806. The molecule has 1 aromatic carbocycles. The molecule has 0 aliphatic rings. The molecule has 0 aliphatic heterocycles. The van der Waals surface area contributed by atoms with E-state index in [2.05, 4.69) is 5.32 Å². The van der Waals surface area contributed by atoms with Gasteiger partial charge in [0.05, 0.1) is 5.02 Å². The predicted molar refractivity (Wildman–Crippen MR) is 88.4 cm³/mol. The van der Waals surface area contributed by atoms with E-state index < -0.39 is 29.5 Å². The van der Waals surface area contributed by atoms with Crippen LogP contribution in [0.5, 0.6) is 0 Å². The van der Waals surface area contributed by atoms with Crippen molar-refractivity contribution in [1.82, 2.24) is 5.32 Å². The molecule has 1 unspecified atom stereocenters. The Morgan fingerprint density at radius 1 is 1.43 bits per heavy atom. The van der Waals surface area contributed by atoms with Gasteiger partial charge in [0.2, 0.25) is 0 Å². The first-order valence-electron chi connectivity index (χ1n) is 6.83. The van der Waals surface area contributed by atoms with Crippen LogP contribution in [0.2, 0.25) is 5.02 Å². The number of halogens is 2. The Balaban J connectivity index is 2.55. The number of carbonyl (C=O) groups is 2. The standard InChI is InChI=1S/C15H19ClFNO4S/c1-15(2,3)22-14(21)18-11(13(19)20)8-23-7-9-5-4-6-10(17)12(9)16/h4-6,11H,7-8H2,1-3H3,(H,18,21)(H,19,20). The van der Waals surface area contributed by atoms with Crippen LogP contribution in [0.25, 0.3) is 0 Å². The summed E-state index contributed by atoms with van der Waals surface area (Å²) in [6, 6.07) is 3.34. The molecule has 0 radical (unpaired) electrons. The van der Waals surface area contributed by atoms with Crippen molar-refractivity contribution in [1.29, 1.82) is 0 Å². The van der Waals surface area contributed by atoms with Gasteiger partial charge in [-0.2, -0.15) is 11.8 Å². The minimum atomic E-state index is -1.17. The van der Waals surface area contributed by atoms with Crippen molar-refractivity contribution in [3.05, 3.63) is 34.6 Å². The van der Waals surface area contributed by atoms with Crippen molar-refractivity contribution in [2.75, 3.05) is 5.75 Å². The van der Waals surface area contributed by atoms with E-state index >= 15 is 0 Å². The number of carboxylic acids is 1. The molecule has 1 amide bonds. The van der Waals surface area contributed by atoms with Gasteiger partial charge < -0.3 is 15.2 Å². The third-order valence-corrected chi connectivity index (χ3v) is 4.07. The van der Waals surface area contributed by atoms with Gasteiger partial charge in [-0.05, 0) is 32.4 Å². The average Bonchev–Trinajstić information content (AvgIpc) is 2.40. The number of thioether (sulfide) groups is 1. The minimum absolute atomic E-state index is 0.0203. The van der Waals surface area contributed by atoms with Gasteiger partial charge in [0, 0.05) is 11.5 Å². The van der Waals surface area contributed by atoms with Gasteiger partial charge in [-0.1, -0.05) is 23.7 Å². The molecule has 0 bridgehead atoms. The van der Waals surface area contributed by atoms with E-state index in [4.69, 9.17) is 21.4 Å². The maximum atomic E-state index is 13.3. The minimum Gasteiger partial charge on any atom is -0.480 e. The number of alkyl carbamates (subject to hydrolysis) is 1. The largest absolute Gasteiger partial charge is 0.480 e. The van der Waals surface area contributed by atoms with Crippen LogP contribution < -0.4 is 5.32 Å². The predicted octanol–water partition coefficient (Wildman–Crippen LogP) is 3.69. The maximum Gasteiger partial charge on any atom is 0.408 e. The van der Waals surface area contributed by atoms with Crippen LogP contribution in [0.4, 0.5) is 9.18 Å². The number of benzene rings is 1. The number of carbonyl (C=O) groups excluding carboxylic acids is 1. The van der Waals surface area contributed by atoms with Crippen molar-refractivity contribution in [3.63, 3.8) is 0 Å². The van der Waals surface area contributed by atoms with E-state index in [1.165, 1.54) is 23.9 Å². The van der Waals surface area contributed by atoms with Gasteiger partial charge >= 0.3 is 12.1 Å². The summed E-state index contributed by atoms with van der Waals surface area (Å²) in [7, 11) is 0. The van der Waals surface area contributed by atoms with Crippen LogP contribution >= 0.6 is 23.4 Å². The Morgan fingerprint density at radius 3 is 2.65 bits per heavy atom. The highest BCUT2D eigenvalue weighted by Crippen LogP contribution is 2.24. The normalized spacial score (nSPS) is 12.6. The summed E-state index contributed by atoms with van der Waals surface area (Å²) in [6.07, 6.45) is -0.797. The van der Waals surface area contributed by atoms with Gasteiger partial charge in [-0.25, -0.2) is 14.0 Å². The van der Waals surface area contributed by atoms with Gasteiger partial charge in [0.1, 0.15) is 17.5 Å². The van der Waals surface area contributed by atoms with Crippen LogP contribution in [0.15, 0.2) is 18.2 Å². The van der Waals surface area contributed by atoms with E-state index in [1.807, 2.05) is 0 Å². The zero-order chi connectivity index (χ0) is 17.6. The molecule has 0 saturated carbocycles. The lowest BCUT2D eigenvalue weighted by molar-refractivity contribution is -0.138. The van der Waals surface area contributed by atoms with E-state index in [0.29, 0.717) is 11.3 Å². The highest BCUT2D eigenvalue weighted by molar-refractivity contribution is 7.98. The van der Waals surface area contributed by atoms with Gasteiger partial charge in [-0.15, -0.1) is 0 Å². The molecule has 23 heavy (non-hydrogen) atoms. The van der Waals surface area contributed by atoms with Crippen LogP contribution in [-0.4, -0.2) is 34.6 Å². The number of ether oxygens (including phenoxy) is 1. The highest BCUT2D eigenvalue weighted by atomic mass is 35.5. The Hall–Kier alpha value is -1.47. The number of nitrogens with one attached hydrogen (secondary N) is 1. The summed E-state index contributed by atoms with van der Waals surface area (Å²) in [5, 5.41) is 11.5. The lowest BCUT2D eigenvalue weighted by atomic mass is 10.2. The lowest BCUT2D eigenvalue weighted by Crippen LogP contribution is -2.44. The fourth-order valence-corrected chi connectivity index (χ4v) is 2.88. The smallest absolute Gasteiger partial charge is 0.408 e. The molecule has 2 N–H and O–H groups in total. The average molecular weight is 364 g/mol. The molecular weight excluding hydrogens is 345 g/mol. The molecular formula is C15H19ClFNO4S. The van der Waals surface area contributed by atoms with Crippen LogP contribution in [0.3, 0.4) is 0 Å². The summed E-state index contributed by atoms with van der Waals surface area (Å²) in [6.45, 7) is 5.05. The van der Waals surface area contributed by atoms with Gasteiger partial charge in [0.15, 0.2) is 0 Å². The molecule has 0 aromatic heterocycles. The topological polar surface area (TPSA) is 75.6 Å². The second-order valence-electron chi connectivity index (χ2n) is 5.77. The van der Waals surface area contributed by atoms with Crippen molar-refractivity contribution >= 4 is 35.4 Å². The SMILES string of the molecule is CC(C)(C)OC(=O)NC(CSCc1cccc(F)c1Cl)C(=O)O. The second-order valence-corrected chi connectivity index (χ2v) is 7.17. The molecule has 5 nitrogen and oxygen atoms in total. The second kappa shape index (κ2) is 8.40. The summed E-state index contributed by atoms with van der Waals surface area (Å²) in [5.41, 5.74) is -0.145.